The van der Waals surface area contributed by atoms with E-state index in [1.54, 1.807) is 12.1 Å². The number of aryl methyl sites for hydroxylation is 1. The summed E-state index contributed by atoms with van der Waals surface area (Å²) in [6.07, 6.45) is 4.41. The van der Waals surface area contributed by atoms with Crippen LogP contribution in [0.25, 0.3) is 22.0 Å². The molecule has 1 N–H and O–H groups in total. The number of aromatic nitrogens is 2. The summed E-state index contributed by atoms with van der Waals surface area (Å²) in [5, 5.41) is 4.94. The zero-order valence-corrected chi connectivity index (χ0v) is 24.3. The van der Waals surface area contributed by atoms with Crippen LogP contribution in [-0.4, -0.2) is 78.6 Å². The summed E-state index contributed by atoms with van der Waals surface area (Å²) in [5.74, 6) is 0.780. The minimum Gasteiger partial charge on any atom is -0.496 e. The van der Waals surface area contributed by atoms with E-state index in [4.69, 9.17) is 31.0 Å². The van der Waals surface area contributed by atoms with Crippen LogP contribution >= 0.6 is 11.6 Å². The molecule has 4 atom stereocenters. The monoisotopic (exact) mass is 583 g/mol. The lowest BCUT2D eigenvalue weighted by Gasteiger charge is -2.35. The van der Waals surface area contributed by atoms with E-state index in [0.717, 1.165) is 62.1 Å². The van der Waals surface area contributed by atoms with Crippen LogP contribution in [0.2, 0.25) is 5.02 Å². The maximum atomic E-state index is 15.4. The van der Waals surface area contributed by atoms with Gasteiger partial charge in [-0.05, 0) is 62.4 Å². The number of benzene rings is 2. The number of halogens is 3. The predicted molar refractivity (Wildman–Crippen MR) is 157 cm³/mol. The molecule has 0 spiro atoms. The Morgan fingerprint density at radius 2 is 1.95 bits per heavy atom. The molecule has 7 rings (SSSR count). The van der Waals surface area contributed by atoms with Crippen molar-refractivity contribution in [2.75, 3.05) is 44.8 Å². The quantitative estimate of drug-likeness (QED) is 0.391. The molecule has 218 valence electrons. The lowest BCUT2D eigenvalue weighted by atomic mass is 9.94. The number of anilines is 1. The van der Waals surface area contributed by atoms with E-state index in [9.17, 15) is 4.39 Å². The Labute approximate surface area is 244 Å². The number of ether oxygens (including phenoxy) is 2. The molecule has 4 fully saturated rings. The summed E-state index contributed by atoms with van der Waals surface area (Å²) in [4.78, 5) is 14.5. The average Bonchev–Trinajstić information content (AvgIpc) is 3.61. The summed E-state index contributed by atoms with van der Waals surface area (Å²) in [5.41, 5.74) is 2.09. The number of piperazine rings is 1. The topological polar surface area (TPSA) is 62.8 Å². The number of nitrogens with zero attached hydrogens (tertiary/aromatic N) is 4. The Morgan fingerprint density at radius 3 is 2.71 bits per heavy atom. The Balaban J connectivity index is 1.37. The number of hydrogen-bond acceptors (Lipinski definition) is 7. The lowest BCUT2D eigenvalue weighted by molar-refractivity contribution is 0.107. The number of hydrogen-bond donors (Lipinski definition) is 1. The zero-order chi connectivity index (χ0) is 28.3. The van der Waals surface area contributed by atoms with Gasteiger partial charge >= 0.3 is 6.01 Å². The fourth-order valence-corrected chi connectivity index (χ4v) is 8.03. The van der Waals surface area contributed by atoms with E-state index in [1.165, 1.54) is 13.2 Å². The summed E-state index contributed by atoms with van der Waals surface area (Å²) in [6.45, 7) is 5.36. The number of alkyl halides is 1. The first-order chi connectivity index (χ1) is 19.9. The van der Waals surface area contributed by atoms with Gasteiger partial charge in [0, 0.05) is 54.1 Å². The molecule has 1 aromatic heterocycles. The van der Waals surface area contributed by atoms with Gasteiger partial charge in [-0.15, -0.1) is 0 Å². The maximum absolute atomic E-state index is 15.4. The van der Waals surface area contributed by atoms with Crippen LogP contribution < -0.4 is 19.7 Å². The van der Waals surface area contributed by atoms with Crippen LogP contribution in [0.3, 0.4) is 0 Å². The molecule has 0 saturated carbocycles. The van der Waals surface area contributed by atoms with Crippen molar-refractivity contribution >= 4 is 28.3 Å². The standard InChI is InChI=1S/C31H36ClF2N5O2/c1-3-21-26(27-24(34)6-4-7-25(27)40-2)23(32)12-22-28(21)36-30(37-29(22)38-15-19-8-9-20(16-38)35-19)41-17-31-10-5-11-39(31)14-18(33)13-31/h4,6-7,12,18-20,35H,3,5,8-11,13-17H2,1-2H3/t18-,19?,20?,31+/m1/s1. The van der Waals surface area contributed by atoms with Gasteiger partial charge in [-0.1, -0.05) is 24.6 Å². The number of rotatable bonds is 7. The molecule has 0 radical (unpaired) electrons. The second-order valence-electron chi connectivity index (χ2n) is 12.0. The van der Waals surface area contributed by atoms with Gasteiger partial charge in [-0.25, -0.2) is 8.78 Å². The van der Waals surface area contributed by atoms with E-state index >= 15 is 4.39 Å². The zero-order valence-electron chi connectivity index (χ0n) is 23.6. The SMILES string of the molecule is CCc1c(-c2c(F)cccc2OC)c(Cl)cc2c(N3CC4CCC(C3)N4)nc(OC[C@@]34CCCN3C[C@H](F)C4)nc12. The normalized spacial score (nSPS) is 27.5. The first-order valence-electron chi connectivity index (χ1n) is 14.8. The van der Waals surface area contributed by atoms with E-state index in [2.05, 4.69) is 15.1 Å². The van der Waals surface area contributed by atoms with Crippen molar-refractivity contribution < 1.29 is 18.3 Å². The highest BCUT2D eigenvalue weighted by atomic mass is 35.5. The minimum atomic E-state index is -0.838. The molecule has 0 amide bonds. The van der Waals surface area contributed by atoms with Gasteiger partial charge in [-0.3, -0.25) is 4.90 Å². The molecule has 7 nitrogen and oxygen atoms in total. The summed E-state index contributed by atoms with van der Waals surface area (Å²) in [7, 11) is 1.53. The van der Waals surface area contributed by atoms with Crippen molar-refractivity contribution in [1.29, 1.82) is 0 Å². The third-order valence-corrected chi connectivity index (χ3v) is 9.85. The molecule has 10 heteroatoms. The molecule has 2 bridgehead atoms. The van der Waals surface area contributed by atoms with E-state index in [1.807, 2.05) is 13.0 Å². The van der Waals surface area contributed by atoms with Crippen LogP contribution in [0, 0.1) is 5.82 Å². The third-order valence-electron chi connectivity index (χ3n) is 9.55. The number of nitrogens with one attached hydrogen (secondary N) is 1. The second kappa shape index (κ2) is 10.5. The molecule has 4 aliphatic rings. The summed E-state index contributed by atoms with van der Waals surface area (Å²) < 4.78 is 41.8. The van der Waals surface area contributed by atoms with E-state index in [0.29, 0.717) is 65.5 Å². The van der Waals surface area contributed by atoms with Gasteiger partial charge in [0.1, 0.15) is 30.2 Å². The fourth-order valence-electron chi connectivity index (χ4n) is 7.72. The molecule has 3 aromatic rings. The maximum Gasteiger partial charge on any atom is 0.319 e. The highest BCUT2D eigenvalue weighted by Gasteiger charge is 2.49. The van der Waals surface area contributed by atoms with Crippen LogP contribution in [0.1, 0.15) is 44.6 Å². The molecule has 2 unspecified atom stereocenters. The lowest BCUT2D eigenvalue weighted by Crippen LogP contribution is -2.51. The molecular weight excluding hydrogens is 548 g/mol. The van der Waals surface area contributed by atoms with Crippen molar-refractivity contribution in [2.24, 2.45) is 0 Å². The number of methoxy groups -OCH3 is 1. The Kier molecular flexibility index (Phi) is 6.95. The molecule has 0 aliphatic carbocycles. The van der Waals surface area contributed by atoms with E-state index < -0.39 is 12.0 Å². The van der Waals surface area contributed by atoms with Crippen molar-refractivity contribution in [1.82, 2.24) is 20.2 Å². The van der Waals surface area contributed by atoms with Gasteiger partial charge in [-0.2, -0.15) is 9.97 Å². The van der Waals surface area contributed by atoms with Gasteiger partial charge in [0.25, 0.3) is 0 Å². The smallest absolute Gasteiger partial charge is 0.319 e. The van der Waals surface area contributed by atoms with Crippen molar-refractivity contribution in [3.8, 4) is 22.9 Å². The van der Waals surface area contributed by atoms with Gasteiger partial charge in [0.15, 0.2) is 0 Å². The minimum absolute atomic E-state index is 0.269. The average molecular weight is 584 g/mol. The molecule has 5 heterocycles. The predicted octanol–water partition coefficient (Wildman–Crippen LogP) is 5.56. The Bertz CT molecular complexity index is 1480. The first-order valence-corrected chi connectivity index (χ1v) is 15.2. The largest absolute Gasteiger partial charge is 0.496 e. The highest BCUT2D eigenvalue weighted by molar-refractivity contribution is 6.35. The molecule has 4 aliphatic heterocycles. The number of fused-ring (bicyclic) bond motifs is 4. The van der Waals surface area contributed by atoms with Gasteiger partial charge < -0.3 is 19.7 Å². The molecule has 4 saturated heterocycles. The Hall–Kier alpha value is -2.75. The van der Waals surface area contributed by atoms with Crippen LogP contribution in [0.4, 0.5) is 14.6 Å². The van der Waals surface area contributed by atoms with E-state index in [-0.39, 0.29) is 11.5 Å². The fraction of sp³-hybridized carbons (Fsp3) is 0.548. The summed E-state index contributed by atoms with van der Waals surface area (Å²) in [6, 6.07) is 7.71. The third kappa shape index (κ3) is 4.61. The highest BCUT2D eigenvalue weighted by Crippen LogP contribution is 2.45. The molecule has 2 aromatic carbocycles. The molecular formula is C31H36ClF2N5O2. The van der Waals surface area contributed by atoms with Gasteiger partial charge in [0.2, 0.25) is 0 Å². The summed E-state index contributed by atoms with van der Waals surface area (Å²) >= 11 is 6.98. The van der Waals surface area contributed by atoms with Gasteiger partial charge in [0.05, 0.1) is 23.7 Å². The molecule has 41 heavy (non-hydrogen) atoms. The van der Waals surface area contributed by atoms with Crippen LogP contribution in [0.15, 0.2) is 24.3 Å². The van der Waals surface area contributed by atoms with Crippen LogP contribution in [-0.2, 0) is 6.42 Å². The van der Waals surface area contributed by atoms with Crippen molar-refractivity contribution in [3.63, 3.8) is 0 Å². The van der Waals surface area contributed by atoms with Crippen molar-refractivity contribution in [2.45, 2.75) is 69.2 Å². The first kappa shape index (κ1) is 27.1. The second-order valence-corrected chi connectivity index (χ2v) is 12.4. The Morgan fingerprint density at radius 1 is 1.15 bits per heavy atom. The van der Waals surface area contributed by atoms with Crippen molar-refractivity contribution in [3.05, 3.63) is 40.7 Å². The van der Waals surface area contributed by atoms with Crippen LogP contribution in [0.5, 0.6) is 11.8 Å².